The van der Waals surface area contributed by atoms with Crippen LogP contribution in [-0.2, 0) is 13.6 Å². The second-order valence-corrected chi connectivity index (χ2v) is 9.58. The molecule has 2 N–H and O–H groups in total. The zero-order valence-electron chi connectivity index (χ0n) is 19.7. The zero-order chi connectivity index (χ0) is 23.8. The maximum absolute atomic E-state index is 12.8. The van der Waals surface area contributed by atoms with Crippen LogP contribution in [0.4, 0.5) is 17.5 Å². The number of aliphatic hydroxyl groups is 1. The highest BCUT2D eigenvalue weighted by molar-refractivity contribution is 6.32. The summed E-state index contributed by atoms with van der Waals surface area (Å²) in [6.07, 6.45) is 2.11. The number of hydrogen-bond acceptors (Lipinski definition) is 7. The molecule has 0 bridgehead atoms. The first kappa shape index (κ1) is 23.5. The number of nitrogens with one attached hydrogen (secondary N) is 1. The number of benzene rings is 1. The molecule has 10 heteroatoms. The number of hydrogen-bond donors (Lipinski definition) is 2. The zero-order valence-corrected chi connectivity index (χ0v) is 20.4. The van der Waals surface area contributed by atoms with Gasteiger partial charge in [0, 0.05) is 45.5 Å². The van der Waals surface area contributed by atoms with Crippen molar-refractivity contribution in [1.82, 2.24) is 24.0 Å². The molecule has 1 saturated heterocycles. The Morgan fingerprint density at radius 1 is 1.18 bits per heavy atom. The molecule has 0 spiro atoms. The molecule has 9 nitrogen and oxygen atoms in total. The van der Waals surface area contributed by atoms with Crippen molar-refractivity contribution in [3.05, 3.63) is 39.9 Å². The quantitative estimate of drug-likeness (QED) is 0.545. The molecule has 1 aliphatic heterocycles. The monoisotopic (exact) mass is 473 g/mol. The third kappa shape index (κ3) is 5.15. The lowest BCUT2D eigenvalue weighted by atomic mass is 10.1. The number of rotatable bonds is 7. The molecule has 178 valence electrons. The van der Waals surface area contributed by atoms with Crippen molar-refractivity contribution in [3.8, 4) is 0 Å². The van der Waals surface area contributed by atoms with E-state index in [1.54, 1.807) is 36.2 Å². The van der Waals surface area contributed by atoms with Crippen LogP contribution in [0.15, 0.2) is 29.2 Å². The van der Waals surface area contributed by atoms with Crippen LogP contribution in [0, 0.1) is 0 Å². The highest BCUT2D eigenvalue weighted by atomic mass is 35.5. The maximum atomic E-state index is 12.8. The van der Waals surface area contributed by atoms with Crippen LogP contribution >= 0.6 is 11.6 Å². The molecule has 0 amide bonds. The predicted octanol–water partition coefficient (Wildman–Crippen LogP) is 2.83. The number of aryl methyl sites for hydroxylation is 2. The Balaban J connectivity index is 1.58. The van der Waals surface area contributed by atoms with Gasteiger partial charge in [0.15, 0.2) is 5.82 Å². The topological polar surface area (TPSA) is 91.5 Å². The molecule has 4 rings (SSSR count). The van der Waals surface area contributed by atoms with Crippen molar-refractivity contribution < 1.29 is 5.11 Å². The van der Waals surface area contributed by atoms with Crippen LogP contribution < -0.4 is 15.9 Å². The number of piperazine rings is 1. The van der Waals surface area contributed by atoms with E-state index in [1.165, 1.54) is 0 Å². The molecular weight excluding hydrogens is 442 g/mol. The predicted molar refractivity (Wildman–Crippen MR) is 133 cm³/mol. The van der Waals surface area contributed by atoms with Gasteiger partial charge in [-0.3, -0.25) is 9.13 Å². The Kier molecular flexibility index (Phi) is 6.65. The highest BCUT2D eigenvalue weighted by Crippen LogP contribution is 2.27. The maximum Gasteiger partial charge on any atom is 0.328 e. The van der Waals surface area contributed by atoms with E-state index in [0.717, 1.165) is 49.4 Å². The van der Waals surface area contributed by atoms with E-state index in [0.29, 0.717) is 29.8 Å². The normalized spacial score (nSPS) is 15.4. The minimum absolute atomic E-state index is 0.111. The molecule has 3 heterocycles. The summed E-state index contributed by atoms with van der Waals surface area (Å²) in [5, 5.41) is 13.8. The summed E-state index contributed by atoms with van der Waals surface area (Å²) >= 11 is 6.40. The first-order chi connectivity index (χ1) is 15.7. The number of imidazole rings is 1. The molecule has 33 heavy (non-hydrogen) atoms. The summed E-state index contributed by atoms with van der Waals surface area (Å²) in [6, 6.07) is 5.72. The van der Waals surface area contributed by atoms with Crippen LogP contribution in [0.3, 0.4) is 0 Å². The van der Waals surface area contributed by atoms with Crippen molar-refractivity contribution in [1.29, 1.82) is 0 Å². The lowest BCUT2D eigenvalue weighted by Crippen LogP contribution is -2.46. The van der Waals surface area contributed by atoms with E-state index in [2.05, 4.69) is 32.0 Å². The van der Waals surface area contributed by atoms with Crippen LogP contribution in [0.1, 0.15) is 27.2 Å². The van der Waals surface area contributed by atoms with E-state index < -0.39 is 5.60 Å². The summed E-state index contributed by atoms with van der Waals surface area (Å²) in [6.45, 7) is 10.9. The van der Waals surface area contributed by atoms with Gasteiger partial charge in [0.25, 0.3) is 0 Å². The van der Waals surface area contributed by atoms with Crippen molar-refractivity contribution >= 4 is 40.1 Å². The van der Waals surface area contributed by atoms with Gasteiger partial charge in [-0.15, -0.1) is 0 Å². The Morgan fingerprint density at radius 2 is 1.91 bits per heavy atom. The Bertz CT molecular complexity index is 1190. The number of aromatic nitrogens is 4. The SMILES string of the molecule is CCN1CCN(c2ncc(Cl)c(Nc3ccc4c(c3)n(C)c(=O)n4CCC(C)(C)O)n2)CC1. The van der Waals surface area contributed by atoms with Crippen molar-refractivity contribution in [2.75, 3.05) is 42.9 Å². The molecule has 1 fully saturated rings. The van der Waals surface area contributed by atoms with E-state index >= 15 is 0 Å². The fourth-order valence-electron chi connectivity index (χ4n) is 4.09. The molecular formula is C23H32ClN7O2. The molecule has 0 aliphatic carbocycles. The van der Waals surface area contributed by atoms with Crippen LogP contribution in [0.25, 0.3) is 11.0 Å². The molecule has 2 aromatic heterocycles. The van der Waals surface area contributed by atoms with Gasteiger partial charge in [0.2, 0.25) is 5.95 Å². The second-order valence-electron chi connectivity index (χ2n) is 9.17. The Morgan fingerprint density at radius 3 is 2.58 bits per heavy atom. The highest BCUT2D eigenvalue weighted by Gasteiger charge is 2.20. The summed E-state index contributed by atoms with van der Waals surface area (Å²) in [5.41, 5.74) is 1.44. The van der Waals surface area contributed by atoms with Gasteiger partial charge in [-0.05, 0) is 45.0 Å². The molecule has 0 atom stereocenters. The first-order valence-corrected chi connectivity index (χ1v) is 11.7. The third-order valence-corrected chi connectivity index (χ3v) is 6.47. The van der Waals surface area contributed by atoms with Crippen LogP contribution in [-0.4, -0.2) is 67.4 Å². The largest absolute Gasteiger partial charge is 0.390 e. The van der Waals surface area contributed by atoms with Gasteiger partial charge in [0.1, 0.15) is 5.02 Å². The van der Waals surface area contributed by atoms with Gasteiger partial charge in [0.05, 0.1) is 22.8 Å². The molecule has 1 aliphatic rings. The van der Waals surface area contributed by atoms with E-state index in [4.69, 9.17) is 11.6 Å². The van der Waals surface area contributed by atoms with Crippen molar-refractivity contribution in [2.24, 2.45) is 7.05 Å². The molecule has 0 saturated carbocycles. The van der Waals surface area contributed by atoms with E-state index in [9.17, 15) is 9.90 Å². The number of fused-ring (bicyclic) bond motifs is 1. The summed E-state index contributed by atoms with van der Waals surface area (Å²) in [7, 11) is 1.75. The smallest absolute Gasteiger partial charge is 0.328 e. The van der Waals surface area contributed by atoms with E-state index in [1.807, 2.05) is 18.2 Å². The van der Waals surface area contributed by atoms with Crippen LogP contribution in [0.2, 0.25) is 5.02 Å². The second kappa shape index (κ2) is 9.32. The summed E-state index contributed by atoms with van der Waals surface area (Å²) < 4.78 is 3.31. The van der Waals surface area contributed by atoms with Crippen molar-refractivity contribution in [2.45, 2.75) is 39.3 Å². The summed E-state index contributed by atoms with van der Waals surface area (Å²) in [5.74, 6) is 1.19. The number of likely N-dealkylation sites (N-methyl/N-ethyl adjacent to an activating group) is 1. The molecule has 0 unspecified atom stereocenters. The van der Waals surface area contributed by atoms with Gasteiger partial charge in [-0.25, -0.2) is 9.78 Å². The lowest BCUT2D eigenvalue weighted by Gasteiger charge is -2.34. The lowest BCUT2D eigenvalue weighted by molar-refractivity contribution is 0.0662. The van der Waals surface area contributed by atoms with Gasteiger partial charge >= 0.3 is 5.69 Å². The molecule has 3 aromatic rings. The van der Waals surface area contributed by atoms with Gasteiger partial charge in [-0.1, -0.05) is 18.5 Å². The number of nitrogens with zero attached hydrogens (tertiary/aromatic N) is 6. The van der Waals surface area contributed by atoms with Crippen molar-refractivity contribution in [3.63, 3.8) is 0 Å². The standard InChI is InChI=1S/C23H32ClN7O2/c1-5-29-10-12-30(13-11-29)21-25-15-17(24)20(27-21)26-16-6-7-18-19(14-16)28(4)22(32)31(18)9-8-23(2,3)33/h6-7,14-15,33H,5,8-13H2,1-4H3,(H,25,26,27). The third-order valence-electron chi connectivity index (χ3n) is 6.19. The molecule has 1 aromatic carbocycles. The van der Waals surface area contributed by atoms with Gasteiger partial charge < -0.3 is 20.2 Å². The number of halogens is 1. The van der Waals surface area contributed by atoms with Gasteiger partial charge in [-0.2, -0.15) is 4.98 Å². The average molecular weight is 474 g/mol. The Hall–Kier alpha value is -2.62. The average Bonchev–Trinajstić information content (AvgIpc) is 3.03. The fourth-order valence-corrected chi connectivity index (χ4v) is 4.22. The minimum atomic E-state index is -0.840. The first-order valence-electron chi connectivity index (χ1n) is 11.3. The van der Waals surface area contributed by atoms with Crippen LogP contribution in [0.5, 0.6) is 0 Å². The molecule has 0 radical (unpaired) electrons. The Labute approximate surface area is 198 Å². The number of anilines is 3. The minimum Gasteiger partial charge on any atom is -0.390 e. The van der Waals surface area contributed by atoms with E-state index in [-0.39, 0.29) is 5.69 Å². The fraction of sp³-hybridized carbons (Fsp3) is 0.522. The summed E-state index contributed by atoms with van der Waals surface area (Å²) in [4.78, 5) is 26.4.